The molecule has 0 bridgehead atoms. The van der Waals surface area contributed by atoms with Gasteiger partial charge in [-0.15, -0.1) is 0 Å². The third kappa shape index (κ3) is 5.41. The van der Waals surface area contributed by atoms with Crippen molar-refractivity contribution in [3.63, 3.8) is 0 Å². The predicted octanol–water partition coefficient (Wildman–Crippen LogP) is 3.99. The van der Waals surface area contributed by atoms with Crippen LogP contribution in [0.5, 0.6) is 11.5 Å². The molecular formula is C15H24BrNO2. The molecule has 0 amide bonds. The van der Waals surface area contributed by atoms with Crippen LogP contribution in [0.15, 0.2) is 16.6 Å². The average Bonchev–Trinajstić information content (AvgIpc) is 2.37. The fraction of sp³-hybridized carbons (Fsp3) is 0.600. The minimum absolute atomic E-state index is 0.637. The zero-order valence-electron chi connectivity index (χ0n) is 12.3. The van der Waals surface area contributed by atoms with Gasteiger partial charge in [0.05, 0.1) is 13.7 Å². The van der Waals surface area contributed by atoms with Crippen molar-refractivity contribution in [3.8, 4) is 11.5 Å². The number of ether oxygens (including phenoxy) is 2. The van der Waals surface area contributed by atoms with E-state index in [9.17, 15) is 0 Å². The molecule has 0 unspecified atom stereocenters. The first-order valence-electron chi connectivity index (χ1n) is 6.78. The van der Waals surface area contributed by atoms with E-state index in [-0.39, 0.29) is 0 Å². The average molecular weight is 330 g/mol. The Kier molecular flexibility index (Phi) is 7.24. The van der Waals surface area contributed by atoms with Gasteiger partial charge in [-0.1, -0.05) is 29.8 Å². The highest BCUT2D eigenvalue weighted by molar-refractivity contribution is 9.10. The van der Waals surface area contributed by atoms with Crippen LogP contribution in [0.4, 0.5) is 0 Å². The molecule has 0 aliphatic rings. The lowest BCUT2D eigenvalue weighted by Gasteiger charge is -2.14. The lowest BCUT2D eigenvalue weighted by molar-refractivity contribution is 0.310. The summed E-state index contributed by atoms with van der Waals surface area (Å²) < 4.78 is 12.0. The van der Waals surface area contributed by atoms with Gasteiger partial charge in [-0.3, -0.25) is 0 Å². The molecule has 0 radical (unpaired) electrons. The highest BCUT2D eigenvalue weighted by atomic mass is 79.9. The molecule has 1 aromatic rings. The highest BCUT2D eigenvalue weighted by Crippen LogP contribution is 2.33. The molecule has 1 aromatic carbocycles. The molecule has 0 saturated carbocycles. The summed E-state index contributed by atoms with van der Waals surface area (Å²) in [4.78, 5) is 0. The van der Waals surface area contributed by atoms with Crippen LogP contribution in [0.2, 0.25) is 0 Å². The third-order valence-electron chi connectivity index (χ3n) is 2.85. The number of benzene rings is 1. The summed E-state index contributed by atoms with van der Waals surface area (Å²) in [6.45, 7) is 8.94. The first-order valence-corrected chi connectivity index (χ1v) is 7.57. The van der Waals surface area contributed by atoms with E-state index in [1.165, 1.54) is 12.0 Å². The molecule has 108 valence electrons. The summed E-state index contributed by atoms with van der Waals surface area (Å²) in [6.07, 6.45) is 1.19. The van der Waals surface area contributed by atoms with Gasteiger partial charge in [-0.2, -0.15) is 0 Å². The molecule has 0 aromatic heterocycles. The molecule has 0 fully saturated rings. The van der Waals surface area contributed by atoms with E-state index in [2.05, 4.69) is 35.1 Å². The molecule has 19 heavy (non-hydrogen) atoms. The van der Waals surface area contributed by atoms with Gasteiger partial charge in [-0.05, 0) is 43.5 Å². The van der Waals surface area contributed by atoms with Gasteiger partial charge in [0.25, 0.3) is 0 Å². The topological polar surface area (TPSA) is 30.5 Å². The molecule has 0 spiro atoms. The second-order valence-corrected chi connectivity index (χ2v) is 5.74. The second kappa shape index (κ2) is 8.43. The van der Waals surface area contributed by atoms with Gasteiger partial charge in [0.2, 0.25) is 0 Å². The van der Waals surface area contributed by atoms with Gasteiger partial charge in [0.15, 0.2) is 11.5 Å². The van der Waals surface area contributed by atoms with E-state index < -0.39 is 0 Å². The van der Waals surface area contributed by atoms with Crippen molar-refractivity contribution in [3.05, 3.63) is 22.2 Å². The fourth-order valence-electron chi connectivity index (χ4n) is 1.75. The molecule has 4 heteroatoms. The number of hydrogen-bond acceptors (Lipinski definition) is 3. The summed E-state index contributed by atoms with van der Waals surface area (Å²) in [7, 11) is 1.66. The standard InChI is InChI=1S/C15H24BrNO2/c1-5-19-15-8-12(10-17-7-6-11(2)3)13(16)9-14(15)18-4/h8-9,11,17H,5-7,10H2,1-4H3. The Morgan fingerprint density at radius 2 is 2.00 bits per heavy atom. The van der Waals surface area contributed by atoms with E-state index in [1.807, 2.05) is 19.1 Å². The van der Waals surface area contributed by atoms with Crippen LogP contribution < -0.4 is 14.8 Å². The lowest BCUT2D eigenvalue weighted by Crippen LogP contribution is -2.16. The van der Waals surface area contributed by atoms with Crippen molar-refractivity contribution in [2.24, 2.45) is 5.92 Å². The second-order valence-electron chi connectivity index (χ2n) is 4.89. The van der Waals surface area contributed by atoms with E-state index in [0.717, 1.165) is 35.0 Å². The lowest BCUT2D eigenvalue weighted by atomic mass is 10.1. The zero-order chi connectivity index (χ0) is 14.3. The van der Waals surface area contributed by atoms with Crippen molar-refractivity contribution in [2.75, 3.05) is 20.3 Å². The first kappa shape index (κ1) is 16.3. The summed E-state index contributed by atoms with van der Waals surface area (Å²) in [5.74, 6) is 2.29. The van der Waals surface area contributed by atoms with Crippen LogP contribution in [-0.4, -0.2) is 20.3 Å². The van der Waals surface area contributed by atoms with E-state index >= 15 is 0 Å². The van der Waals surface area contributed by atoms with Crippen LogP contribution in [0.3, 0.4) is 0 Å². The Morgan fingerprint density at radius 3 is 2.58 bits per heavy atom. The quantitative estimate of drug-likeness (QED) is 0.731. The Balaban J connectivity index is 2.69. The van der Waals surface area contributed by atoms with Gasteiger partial charge in [-0.25, -0.2) is 0 Å². The Labute approximate surface area is 124 Å². The SMILES string of the molecule is CCOc1cc(CNCCC(C)C)c(Br)cc1OC. The summed E-state index contributed by atoms with van der Waals surface area (Å²) in [5, 5.41) is 3.45. The predicted molar refractivity (Wildman–Crippen MR) is 83.0 cm³/mol. The molecule has 0 saturated heterocycles. The van der Waals surface area contributed by atoms with Gasteiger partial charge < -0.3 is 14.8 Å². The van der Waals surface area contributed by atoms with Gasteiger partial charge in [0, 0.05) is 11.0 Å². The van der Waals surface area contributed by atoms with Gasteiger partial charge in [0.1, 0.15) is 0 Å². The summed E-state index contributed by atoms with van der Waals surface area (Å²) >= 11 is 3.58. The van der Waals surface area contributed by atoms with Crippen molar-refractivity contribution in [1.82, 2.24) is 5.32 Å². The number of hydrogen-bond donors (Lipinski definition) is 1. The van der Waals surface area contributed by atoms with E-state index in [4.69, 9.17) is 9.47 Å². The van der Waals surface area contributed by atoms with Crippen molar-refractivity contribution >= 4 is 15.9 Å². The molecule has 0 heterocycles. The van der Waals surface area contributed by atoms with Crippen LogP contribution in [-0.2, 0) is 6.54 Å². The Hall–Kier alpha value is -0.740. The molecule has 1 N–H and O–H groups in total. The maximum atomic E-state index is 5.59. The number of halogens is 1. The van der Waals surface area contributed by atoms with Crippen molar-refractivity contribution in [2.45, 2.75) is 33.7 Å². The van der Waals surface area contributed by atoms with Crippen LogP contribution >= 0.6 is 15.9 Å². The molecule has 1 rings (SSSR count). The Bertz CT molecular complexity index is 394. The first-order chi connectivity index (χ1) is 9.08. The Morgan fingerprint density at radius 1 is 1.26 bits per heavy atom. The number of methoxy groups -OCH3 is 1. The minimum Gasteiger partial charge on any atom is -0.493 e. The number of nitrogens with one attached hydrogen (secondary N) is 1. The summed E-state index contributed by atoms with van der Waals surface area (Å²) in [5.41, 5.74) is 1.19. The molecule has 0 aliphatic carbocycles. The van der Waals surface area contributed by atoms with Crippen LogP contribution in [0.25, 0.3) is 0 Å². The summed E-state index contributed by atoms with van der Waals surface area (Å²) in [6, 6.07) is 4.00. The largest absolute Gasteiger partial charge is 0.493 e. The van der Waals surface area contributed by atoms with Crippen molar-refractivity contribution in [1.29, 1.82) is 0 Å². The normalized spacial score (nSPS) is 10.8. The van der Waals surface area contributed by atoms with Crippen LogP contribution in [0.1, 0.15) is 32.8 Å². The fourth-order valence-corrected chi connectivity index (χ4v) is 2.22. The molecule has 3 nitrogen and oxygen atoms in total. The zero-order valence-corrected chi connectivity index (χ0v) is 13.8. The maximum Gasteiger partial charge on any atom is 0.161 e. The minimum atomic E-state index is 0.637. The van der Waals surface area contributed by atoms with Crippen molar-refractivity contribution < 1.29 is 9.47 Å². The molecule has 0 aliphatic heterocycles. The molecular weight excluding hydrogens is 306 g/mol. The smallest absolute Gasteiger partial charge is 0.161 e. The third-order valence-corrected chi connectivity index (χ3v) is 3.58. The highest BCUT2D eigenvalue weighted by Gasteiger charge is 2.09. The number of rotatable bonds is 8. The van der Waals surface area contributed by atoms with Crippen LogP contribution in [0, 0.1) is 5.92 Å². The molecule has 0 atom stereocenters. The van der Waals surface area contributed by atoms with Gasteiger partial charge >= 0.3 is 0 Å². The van der Waals surface area contributed by atoms with E-state index in [1.54, 1.807) is 7.11 Å². The monoisotopic (exact) mass is 329 g/mol. The maximum absolute atomic E-state index is 5.59. The van der Waals surface area contributed by atoms with E-state index in [0.29, 0.717) is 6.61 Å².